The molecular weight excluding hydrogens is 610 g/mol. The monoisotopic (exact) mass is 649 g/mol. The van der Waals surface area contributed by atoms with Crippen LogP contribution in [-0.4, -0.2) is 64.6 Å². The molecule has 0 aliphatic carbocycles. The predicted octanol–water partition coefficient (Wildman–Crippen LogP) is 7.34. The van der Waals surface area contributed by atoms with Gasteiger partial charge in [-0.15, -0.1) is 0 Å². The summed E-state index contributed by atoms with van der Waals surface area (Å²) in [5.74, 6) is 0.739. The van der Waals surface area contributed by atoms with Gasteiger partial charge in [0.1, 0.15) is 23.3 Å². The number of nitrogens with zero attached hydrogens (tertiary/aromatic N) is 5. The van der Waals surface area contributed by atoms with Crippen LogP contribution >= 0.6 is 11.6 Å². The maximum absolute atomic E-state index is 13.2. The highest BCUT2D eigenvalue weighted by atomic mass is 35.5. The molecule has 0 bridgehead atoms. The molecule has 0 N–H and O–H groups in total. The Kier molecular flexibility index (Phi) is 10.9. The van der Waals surface area contributed by atoms with Gasteiger partial charge in [0.2, 0.25) is 0 Å². The number of anilines is 1. The van der Waals surface area contributed by atoms with E-state index in [0.717, 1.165) is 21.8 Å². The first-order chi connectivity index (χ1) is 21.7. The fourth-order valence-electron chi connectivity index (χ4n) is 4.97. The number of halogens is 1. The zero-order valence-corrected chi connectivity index (χ0v) is 28.0. The molecule has 2 amide bonds. The number of amides is 2. The van der Waals surface area contributed by atoms with Crippen LogP contribution in [0.25, 0.3) is 11.3 Å². The minimum absolute atomic E-state index is 0.0220. The Morgan fingerprint density at radius 2 is 1.65 bits per heavy atom. The number of hydrogen-bond acceptors (Lipinski definition) is 10. The Balaban J connectivity index is 1.72. The van der Waals surface area contributed by atoms with Gasteiger partial charge in [-0.05, 0) is 83.0 Å². The van der Waals surface area contributed by atoms with E-state index in [2.05, 4.69) is 20.9 Å². The van der Waals surface area contributed by atoms with Crippen LogP contribution in [0.3, 0.4) is 0 Å². The first-order valence-electron chi connectivity index (χ1n) is 14.9. The number of nitriles is 1. The highest BCUT2D eigenvalue weighted by molar-refractivity contribution is 6.31. The van der Waals surface area contributed by atoms with E-state index < -0.39 is 23.4 Å². The van der Waals surface area contributed by atoms with E-state index in [0.29, 0.717) is 42.5 Å². The molecule has 244 valence electrons. The molecule has 4 rings (SSSR count). The topological polar surface area (TPSA) is 127 Å². The van der Waals surface area contributed by atoms with Crippen LogP contribution in [0.4, 0.5) is 15.4 Å². The van der Waals surface area contributed by atoms with Crippen molar-refractivity contribution in [1.29, 1.82) is 5.26 Å². The summed E-state index contributed by atoms with van der Waals surface area (Å²) < 4.78 is 22.3. The summed E-state index contributed by atoms with van der Waals surface area (Å²) in [7, 11) is 1.62. The van der Waals surface area contributed by atoms with Gasteiger partial charge < -0.3 is 18.9 Å². The summed E-state index contributed by atoms with van der Waals surface area (Å²) in [5, 5.41) is 10.0. The SMILES string of the molecule is COc1ccc(CN2[C@H](CC#N)COC[C@H]2c2cc(Cl)cc(-c3cc(N(C(=O)OC(C)(C)C)C(=O)OC(C)(C)C)ncn3)c2)cc1. The standard InChI is InChI=1S/C34H40ClN5O6/c1-33(2,3)45-31(41)40(32(42)46-34(4,5)6)30-17-28(37-21-38-30)23-14-24(16-25(35)15-23)29-20-44-19-26(12-13-36)39(29)18-22-8-10-27(43-7)11-9-22/h8-11,14-17,21,26,29H,12,18-20H2,1-7H3/t26-,29+/m1/s1. The van der Waals surface area contributed by atoms with Gasteiger partial charge in [0, 0.05) is 29.2 Å². The molecule has 0 spiro atoms. The van der Waals surface area contributed by atoms with Crippen molar-refractivity contribution in [2.24, 2.45) is 0 Å². The number of aromatic nitrogens is 2. The lowest BCUT2D eigenvalue weighted by Gasteiger charge is -2.41. The van der Waals surface area contributed by atoms with Gasteiger partial charge in [-0.3, -0.25) is 4.90 Å². The lowest BCUT2D eigenvalue weighted by molar-refractivity contribution is -0.0537. The summed E-state index contributed by atoms with van der Waals surface area (Å²) in [5.41, 5.74) is 1.21. The molecule has 11 nitrogen and oxygen atoms in total. The molecule has 1 aliphatic heterocycles. The van der Waals surface area contributed by atoms with E-state index in [1.165, 1.54) is 12.4 Å². The maximum Gasteiger partial charge on any atom is 0.425 e. The van der Waals surface area contributed by atoms with Gasteiger partial charge in [-0.25, -0.2) is 19.6 Å². The number of morpholine rings is 1. The smallest absolute Gasteiger partial charge is 0.425 e. The highest BCUT2D eigenvalue weighted by Gasteiger charge is 2.35. The van der Waals surface area contributed by atoms with Gasteiger partial charge in [0.25, 0.3) is 0 Å². The zero-order valence-electron chi connectivity index (χ0n) is 27.2. The number of carbonyl (C=O) groups is 2. The van der Waals surface area contributed by atoms with Crippen LogP contribution in [-0.2, 0) is 20.8 Å². The summed E-state index contributed by atoms with van der Waals surface area (Å²) in [6.07, 6.45) is -0.318. The van der Waals surface area contributed by atoms with Crippen molar-refractivity contribution in [2.75, 3.05) is 25.2 Å². The maximum atomic E-state index is 13.2. The molecule has 1 aliphatic rings. The Morgan fingerprint density at radius 3 is 2.24 bits per heavy atom. The quantitative estimate of drug-likeness (QED) is 0.256. The van der Waals surface area contributed by atoms with Gasteiger partial charge in [0.05, 0.1) is 44.5 Å². The number of imide groups is 1. The van der Waals surface area contributed by atoms with Crippen molar-refractivity contribution in [2.45, 2.75) is 77.8 Å². The normalized spacial score (nSPS) is 17.1. The third-order valence-corrected chi connectivity index (χ3v) is 7.16. The predicted molar refractivity (Wildman–Crippen MR) is 174 cm³/mol. The zero-order chi connectivity index (χ0) is 33.6. The molecular formula is C34H40ClN5O6. The van der Waals surface area contributed by atoms with Gasteiger partial charge in [-0.1, -0.05) is 23.7 Å². The molecule has 1 fully saturated rings. The lowest BCUT2D eigenvalue weighted by Crippen LogP contribution is -2.46. The highest BCUT2D eigenvalue weighted by Crippen LogP contribution is 2.35. The molecule has 0 radical (unpaired) electrons. The number of rotatable bonds is 7. The van der Waals surface area contributed by atoms with Crippen molar-refractivity contribution in [3.05, 3.63) is 71.0 Å². The van der Waals surface area contributed by atoms with E-state index in [1.807, 2.05) is 36.4 Å². The molecule has 46 heavy (non-hydrogen) atoms. The van der Waals surface area contributed by atoms with Crippen LogP contribution in [0.5, 0.6) is 5.75 Å². The van der Waals surface area contributed by atoms with Crippen molar-refractivity contribution >= 4 is 29.6 Å². The summed E-state index contributed by atoms with van der Waals surface area (Å²) in [6.45, 7) is 11.6. The van der Waals surface area contributed by atoms with Crippen LogP contribution in [0.2, 0.25) is 5.02 Å². The lowest BCUT2D eigenvalue weighted by atomic mass is 9.97. The average Bonchev–Trinajstić information content (AvgIpc) is 2.96. The van der Waals surface area contributed by atoms with E-state index in [1.54, 1.807) is 54.7 Å². The number of hydrogen-bond donors (Lipinski definition) is 0. The third-order valence-electron chi connectivity index (χ3n) is 6.94. The first kappa shape index (κ1) is 34.6. The molecule has 0 unspecified atom stereocenters. The second-order valence-corrected chi connectivity index (χ2v) is 13.4. The van der Waals surface area contributed by atoms with Crippen LogP contribution in [0.15, 0.2) is 54.9 Å². The molecule has 1 saturated heterocycles. The summed E-state index contributed by atoms with van der Waals surface area (Å²) >= 11 is 6.68. The van der Waals surface area contributed by atoms with Crippen molar-refractivity contribution in [1.82, 2.24) is 14.9 Å². The second-order valence-electron chi connectivity index (χ2n) is 12.9. The Labute approximate surface area is 275 Å². The minimum atomic E-state index is -0.935. The fraction of sp³-hybridized carbons (Fsp3) is 0.441. The Morgan fingerprint density at radius 1 is 1.00 bits per heavy atom. The number of ether oxygens (including phenoxy) is 4. The van der Waals surface area contributed by atoms with Gasteiger partial charge >= 0.3 is 12.2 Å². The fourth-order valence-corrected chi connectivity index (χ4v) is 5.21. The van der Waals surface area contributed by atoms with Crippen molar-refractivity contribution < 1.29 is 28.5 Å². The molecule has 3 aromatic rings. The number of methoxy groups -OCH3 is 1. The van der Waals surface area contributed by atoms with Crippen molar-refractivity contribution in [3.63, 3.8) is 0 Å². The van der Waals surface area contributed by atoms with Gasteiger partial charge in [-0.2, -0.15) is 10.2 Å². The van der Waals surface area contributed by atoms with Gasteiger partial charge in [0.15, 0.2) is 5.82 Å². The van der Waals surface area contributed by atoms with E-state index in [9.17, 15) is 14.9 Å². The average molecular weight is 650 g/mol. The first-order valence-corrected chi connectivity index (χ1v) is 15.3. The Hall–Kier alpha value is -4.24. The molecule has 1 aromatic heterocycles. The molecule has 2 heterocycles. The summed E-state index contributed by atoms with van der Waals surface area (Å²) in [6, 6.07) is 16.8. The van der Waals surface area contributed by atoms with Crippen molar-refractivity contribution in [3.8, 4) is 23.1 Å². The van der Waals surface area contributed by atoms with Crippen LogP contribution in [0, 0.1) is 11.3 Å². The number of carbonyl (C=O) groups excluding carboxylic acids is 2. The van der Waals surface area contributed by atoms with E-state index in [4.69, 9.17) is 30.5 Å². The minimum Gasteiger partial charge on any atom is -0.497 e. The molecule has 12 heteroatoms. The van der Waals surface area contributed by atoms with Crippen LogP contribution in [0.1, 0.15) is 65.1 Å². The molecule has 2 aromatic carbocycles. The number of benzene rings is 2. The molecule has 0 saturated carbocycles. The van der Waals surface area contributed by atoms with Crippen LogP contribution < -0.4 is 9.64 Å². The Bertz CT molecular complexity index is 1550. The van der Waals surface area contributed by atoms with E-state index in [-0.39, 0.29) is 17.9 Å². The van der Waals surface area contributed by atoms with E-state index >= 15 is 0 Å². The second kappa shape index (κ2) is 14.5. The largest absolute Gasteiger partial charge is 0.497 e. The molecule has 2 atom stereocenters. The third kappa shape index (κ3) is 9.16. The summed E-state index contributed by atoms with van der Waals surface area (Å²) in [4.78, 5) is 38.1.